The average Bonchev–Trinajstić information content (AvgIpc) is 3.03. The van der Waals surface area contributed by atoms with E-state index in [9.17, 15) is 4.79 Å². The largest absolute Gasteiger partial charge is 0.302 e. The van der Waals surface area contributed by atoms with E-state index in [1.807, 2.05) is 27.6 Å². The van der Waals surface area contributed by atoms with Crippen LogP contribution in [0.25, 0.3) is 4.96 Å². The minimum absolute atomic E-state index is 0.0830. The maximum atomic E-state index is 12.0. The summed E-state index contributed by atoms with van der Waals surface area (Å²) in [6.07, 6.45) is 4.09. The Morgan fingerprint density at radius 3 is 2.95 bits per heavy atom. The number of imidazole rings is 1. The molecule has 0 aromatic carbocycles. The van der Waals surface area contributed by atoms with Crippen molar-refractivity contribution < 1.29 is 4.79 Å². The van der Waals surface area contributed by atoms with Gasteiger partial charge in [0.1, 0.15) is 0 Å². The summed E-state index contributed by atoms with van der Waals surface area (Å²) in [5, 5.41) is 7.42. The molecular formula is C13H14N4OS2. The number of nitrogens with one attached hydrogen (secondary N) is 1. The van der Waals surface area contributed by atoms with E-state index in [-0.39, 0.29) is 12.3 Å². The maximum absolute atomic E-state index is 12.0. The highest BCUT2D eigenvalue weighted by Gasteiger charge is 2.11. The first-order valence-corrected chi connectivity index (χ1v) is 8.04. The number of amides is 1. The van der Waals surface area contributed by atoms with E-state index in [0.717, 1.165) is 16.3 Å². The van der Waals surface area contributed by atoms with Gasteiger partial charge in [-0.3, -0.25) is 9.20 Å². The molecule has 0 atom stereocenters. The van der Waals surface area contributed by atoms with Crippen LogP contribution < -0.4 is 5.32 Å². The van der Waals surface area contributed by atoms with E-state index in [1.165, 1.54) is 11.3 Å². The molecule has 0 spiro atoms. The van der Waals surface area contributed by atoms with Crippen molar-refractivity contribution in [2.75, 3.05) is 5.32 Å². The van der Waals surface area contributed by atoms with Crippen LogP contribution in [0.4, 0.5) is 5.13 Å². The van der Waals surface area contributed by atoms with Gasteiger partial charge >= 0.3 is 0 Å². The van der Waals surface area contributed by atoms with Gasteiger partial charge in [0.15, 0.2) is 10.1 Å². The van der Waals surface area contributed by atoms with Gasteiger partial charge in [0.25, 0.3) is 0 Å². The van der Waals surface area contributed by atoms with Crippen molar-refractivity contribution >= 4 is 38.7 Å². The molecule has 0 saturated heterocycles. The fourth-order valence-corrected chi connectivity index (χ4v) is 3.41. The summed E-state index contributed by atoms with van der Waals surface area (Å²) in [6.45, 7) is 4.16. The summed E-state index contributed by atoms with van der Waals surface area (Å²) in [5.74, 6) is 0.289. The number of carbonyl (C=O) groups is 1. The predicted octanol–water partition coefficient (Wildman–Crippen LogP) is 3.16. The number of aromatic nitrogens is 3. The highest BCUT2D eigenvalue weighted by atomic mass is 32.1. The number of fused-ring (bicyclic) bond motifs is 1. The first-order valence-electron chi connectivity index (χ1n) is 6.28. The molecule has 5 nitrogen and oxygen atoms in total. The summed E-state index contributed by atoms with van der Waals surface area (Å²) in [5.41, 5.74) is 1.78. The van der Waals surface area contributed by atoms with Crippen LogP contribution in [0.1, 0.15) is 31.2 Å². The Hall–Kier alpha value is -1.73. The molecule has 3 aromatic heterocycles. The summed E-state index contributed by atoms with van der Waals surface area (Å²) >= 11 is 3.01. The molecule has 104 valence electrons. The Kier molecular flexibility index (Phi) is 3.54. The molecule has 1 N–H and O–H groups in total. The van der Waals surface area contributed by atoms with Gasteiger partial charge in [-0.15, -0.1) is 22.7 Å². The molecule has 7 heteroatoms. The molecule has 0 fully saturated rings. The zero-order chi connectivity index (χ0) is 14.1. The Morgan fingerprint density at radius 2 is 2.25 bits per heavy atom. The van der Waals surface area contributed by atoms with Gasteiger partial charge in [0.05, 0.1) is 17.8 Å². The zero-order valence-corrected chi connectivity index (χ0v) is 12.8. The SMILES string of the molecule is CC(C)c1csc(NC(=O)Cc2cn3ccsc3n2)n1. The van der Waals surface area contributed by atoms with Crippen molar-refractivity contribution in [1.29, 1.82) is 0 Å². The summed E-state index contributed by atoms with van der Waals surface area (Å²) in [6, 6.07) is 0. The number of carbonyl (C=O) groups excluding carboxylic acids is 1. The van der Waals surface area contributed by atoms with Crippen molar-refractivity contribution in [2.24, 2.45) is 0 Å². The summed E-state index contributed by atoms with van der Waals surface area (Å²) in [7, 11) is 0. The molecular weight excluding hydrogens is 292 g/mol. The molecule has 0 unspecified atom stereocenters. The normalized spacial score (nSPS) is 11.3. The summed E-state index contributed by atoms with van der Waals surface area (Å²) in [4.78, 5) is 21.7. The highest BCUT2D eigenvalue weighted by molar-refractivity contribution is 7.15. The third-order valence-electron chi connectivity index (χ3n) is 2.84. The van der Waals surface area contributed by atoms with Crippen molar-refractivity contribution in [3.05, 3.63) is 34.5 Å². The summed E-state index contributed by atoms with van der Waals surface area (Å²) < 4.78 is 1.92. The molecule has 0 bridgehead atoms. The Labute approximate surface area is 124 Å². The minimum Gasteiger partial charge on any atom is -0.302 e. The van der Waals surface area contributed by atoms with Gasteiger partial charge in [-0.25, -0.2) is 9.97 Å². The Morgan fingerprint density at radius 1 is 1.40 bits per heavy atom. The van der Waals surface area contributed by atoms with Crippen LogP contribution in [-0.2, 0) is 11.2 Å². The Bertz CT molecular complexity index is 712. The molecule has 0 aliphatic rings. The van der Waals surface area contributed by atoms with E-state index < -0.39 is 0 Å². The van der Waals surface area contributed by atoms with Crippen LogP contribution in [-0.4, -0.2) is 20.3 Å². The maximum Gasteiger partial charge on any atom is 0.232 e. The van der Waals surface area contributed by atoms with Crippen LogP contribution in [0, 0.1) is 0 Å². The third kappa shape index (κ3) is 2.73. The standard InChI is InChI=1S/C13H14N4OS2/c1-8(2)10-7-20-12(15-10)16-11(18)5-9-6-17-3-4-19-13(17)14-9/h3-4,6-8H,5H2,1-2H3,(H,15,16,18). The van der Waals surface area contributed by atoms with Crippen LogP contribution >= 0.6 is 22.7 Å². The lowest BCUT2D eigenvalue weighted by Gasteiger charge is -2.00. The molecule has 3 rings (SSSR count). The van der Waals surface area contributed by atoms with Crippen molar-refractivity contribution in [2.45, 2.75) is 26.2 Å². The second-order valence-electron chi connectivity index (χ2n) is 4.78. The lowest BCUT2D eigenvalue weighted by molar-refractivity contribution is -0.115. The van der Waals surface area contributed by atoms with Crippen molar-refractivity contribution in [3.63, 3.8) is 0 Å². The number of anilines is 1. The van der Waals surface area contributed by atoms with Crippen LogP contribution in [0.15, 0.2) is 23.2 Å². The van der Waals surface area contributed by atoms with E-state index in [1.54, 1.807) is 11.3 Å². The highest BCUT2D eigenvalue weighted by Crippen LogP contribution is 2.21. The number of hydrogen-bond donors (Lipinski definition) is 1. The second kappa shape index (κ2) is 5.34. The Balaban J connectivity index is 1.65. The van der Waals surface area contributed by atoms with E-state index in [4.69, 9.17) is 0 Å². The topological polar surface area (TPSA) is 59.3 Å². The number of nitrogens with zero attached hydrogens (tertiary/aromatic N) is 3. The van der Waals surface area contributed by atoms with Gasteiger partial charge in [0.2, 0.25) is 5.91 Å². The minimum atomic E-state index is -0.0830. The van der Waals surface area contributed by atoms with E-state index in [0.29, 0.717) is 11.0 Å². The lowest BCUT2D eigenvalue weighted by Crippen LogP contribution is -2.14. The monoisotopic (exact) mass is 306 g/mol. The molecule has 3 heterocycles. The fraction of sp³-hybridized carbons (Fsp3) is 0.308. The van der Waals surface area contributed by atoms with Crippen LogP contribution in [0.5, 0.6) is 0 Å². The van der Waals surface area contributed by atoms with Gasteiger partial charge in [-0.05, 0) is 5.92 Å². The molecule has 0 aliphatic heterocycles. The van der Waals surface area contributed by atoms with Crippen LogP contribution in [0.2, 0.25) is 0 Å². The molecule has 20 heavy (non-hydrogen) atoms. The van der Waals surface area contributed by atoms with Gasteiger partial charge in [-0.2, -0.15) is 0 Å². The molecule has 0 aliphatic carbocycles. The second-order valence-corrected chi connectivity index (χ2v) is 6.51. The average molecular weight is 306 g/mol. The number of hydrogen-bond acceptors (Lipinski definition) is 5. The molecule has 0 radical (unpaired) electrons. The van der Waals surface area contributed by atoms with Gasteiger partial charge in [0, 0.05) is 23.2 Å². The quantitative estimate of drug-likeness (QED) is 0.805. The van der Waals surface area contributed by atoms with Crippen LogP contribution in [0.3, 0.4) is 0 Å². The molecule has 3 aromatic rings. The number of rotatable bonds is 4. The van der Waals surface area contributed by atoms with Gasteiger partial charge < -0.3 is 5.32 Å². The van der Waals surface area contributed by atoms with Crippen molar-refractivity contribution in [1.82, 2.24) is 14.4 Å². The van der Waals surface area contributed by atoms with Crippen molar-refractivity contribution in [3.8, 4) is 0 Å². The predicted molar refractivity (Wildman–Crippen MR) is 81.6 cm³/mol. The molecule has 0 saturated carbocycles. The fourth-order valence-electron chi connectivity index (χ4n) is 1.80. The number of thiazole rings is 2. The molecule has 1 amide bonds. The van der Waals surface area contributed by atoms with E-state index >= 15 is 0 Å². The lowest BCUT2D eigenvalue weighted by atomic mass is 10.2. The zero-order valence-electron chi connectivity index (χ0n) is 11.2. The smallest absolute Gasteiger partial charge is 0.232 e. The first-order chi connectivity index (χ1) is 9.61. The van der Waals surface area contributed by atoms with Gasteiger partial charge in [-0.1, -0.05) is 13.8 Å². The third-order valence-corrected chi connectivity index (χ3v) is 4.39. The first kappa shape index (κ1) is 13.3. The van der Waals surface area contributed by atoms with E-state index in [2.05, 4.69) is 29.1 Å².